The van der Waals surface area contributed by atoms with E-state index in [2.05, 4.69) is 36.5 Å². The molecular formula is C14H23ClN4O. The highest BCUT2D eigenvalue weighted by atomic mass is 35.5. The number of aromatic nitrogens is 2. The molecule has 2 N–H and O–H groups in total. The number of nitrogens with zero attached hydrogens (tertiary/aromatic N) is 2. The molecule has 0 aromatic carbocycles. The highest BCUT2D eigenvalue weighted by molar-refractivity contribution is 5.85. The Kier molecular flexibility index (Phi) is 5.77. The van der Waals surface area contributed by atoms with E-state index < -0.39 is 0 Å². The van der Waals surface area contributed by atoms with Crippen LogP contribution in [0.4, 0.5) is 0 Å². The van der Waals surface area contributed by atoms with E-state index in [0.717, 1.165) is 23.5 Å². The van der Waals surface area contributed by atoms with Gasteiger partial charge in [-0.05, 0) is 27.7 Å². The first-order valence-electron chi connectivity index (χ1n) is 6.73. The van der Waals surface area contributed by atoms with Crippen LogP contribution in [0.3, 0.4) is 0 Å². The summed E-state index contributed by atoms with van der Waals surface area (Å²) in [5, 5.41) is 10.6. The summed E-state index contributed by atoms with van der Waals surface area (Å²) in [6.45, 7) is 9.55. The summed E-state index contributed by atoms with van der Waals surface area (Å²) < 4.78 is 2.00. The first kappa shape index (κ1) is 16.7. The van der Waals surface area contributed by atoms with E-state index in [-0.39, 0.29) is 24.4 Å². The van der Waals surface area contributed by atoms with Gasteiger partial charge in [0.05, 0.1) is 5.69 Å². The minimum absolute atomic E-state index is 0. The minimum Gasteiger partial charge on any atom is -0.350 e. The van der Waals surface area contributed by atoms with E-state index in [1.54, 1.807) is 0 Å². The van der Waals surface area contributed by atoms with Gasteiger partial charge in [-0.2, -0.15) is 5.10 Å². The van der Waals surface area contributed by atoms with Crippen LogP contribution in [-0.2, 0) is 11.3 Å². The molecule has 0 saturated carbocycles. The van der Waals surface area contributed by atoms with Crippen LogP contribution in [0.1, 0.15) is 36.8 Å². The third kappa shape index (κ3) is 3.41. The van der Waals surface area contributed by atoms with E-state index in [4.69, 9.17) is 0 Å². The first-order valence-corrected chi connectivity index (χ1v) is 6.73. The molecule has 1 atom stereocenters. The molecule has 0 spiro atoms. The third-order valence-electron chi connectivity index (χ3n) is 3.47. The molecule has 1 aliphatic rings. The van der Waals surface area contributed by atoms with Gasteiger partial charge in [-0.3, -0.25) is 14.8 Å². The van der Waals surface area contributed by atoms with Crippen LogP contribution < -0.4 is 10.6 Å². The summed E-state index contributed by atoms with van der Waals surface area (Å²) in [6, 6.07) is 0.142. The minimum atomic E-state index is -0.194. The lowest BCUT2D eigenvalue weighted by Crippen LogP contribution is -2.40. The van der Waals surface area contributed by atoms with Crippen LogP contribution in [0.15, 0.2) is 12.2 Å². The van der Waals surface area contributed by atoms with Crippen molar-refractivity contribution in [3.63, 3.8) is 0 Å². The number of carbonyl (C=O) groups is 1. The predicted molar refractivity (Wildman–Crippen MR) is 82.1 cm³/mol. The molecule has 2 rings (SSSR count). The summed E-state index contributed by atoms with van der Waals surface area (Å²) in [5.74, 6) is 0.0184. The molecule has 0 bridgehead atoms. The maximum Gasteiger partial charge on any atom is 0.241 e. The standard InChI is InChI=1S/C14H22N4O.ClH/c1-9(2)18-11(4)12(10(3)17-18)8-16-14(19)13-6-5-7-15-13;/h5-6,9,13,15H,7-8H2,1-4H3,(H,16,19);1H. The number of rotatable bonds is 4. The molecule has 0 radical (unpaired) electrons. The molecule has 1 amide bonds. The van der Waals surface area contributed by atoms with Gasteiger partial charge in [0, 0.05) is 30.4 Å². The topological polar surface area (TPSA) is 59.0 Å². The van der Waals surface area contributed by atoms with Crippen LogP contribution in [0.25, 0.3) is 0 Å². The fourth-order valence-corrected chi connectivity index (χ4v) is 2.39. The van der Waals surface area contributed by atoms with Gasteiger partial charge in [0.15, 0.2) is 0 Å². The number of hydrogen-bond acceptors (Lipinski definition) is 3. The Morgan fingerprint density at radius 3 is 2.75 bits per heavy atom. The van der Waals surface area contributed by atoms with Crippen LogP contribution >= 0.6 is 12.4 Å². The number of nitrogens with one attached hydrogen (secondary N) is 2. The molecule has 5 nitrogen and oxygen atoms in total. The molecule has 0 fully saturated rings. The van der Waals surface area contributed by atoms with Gasteiger partial charge >= 0.3 is 0 Å². The van der Waals surface area contributed by atoms with Gasteiger partial charge in [-0.1, -0.05) is 12.2 Å². The number of hydrogen-bond donors (Lipinski definition) is 2. The Labute approximate surface area is 126 Å². The quantitative estimate of drug-likeness (QED) is 0.831. The number of halogens is 1. The molecular weight excluding hydrogens is 276 g/mol. The molecule has 20 heavy (non-hydrogen) atoms. The van der Waals surface area contributed by atoms with Crippen LogP contribution in [0, 0.1) is 13.8 Å². The summed E-state index contributed by atoms with van der Waals surface area (Å²) in [6.07, 6.45) is 3.87. The van der Waals surface area contributed by atoms with Crippen molar-refractivity contribution in [3.05, 3.63) is 29.1 Å². The molecule has 1 aliphatic heterocycles. The molecule has 2 heterocycles. The average molecular weight is 299 g/mol. The Morgan fingerprint density at radius 2 is 2.25 bits per heavy atom. The van der Waals surface area contributed by atoms with Gasteiger partial charge < -0.3 is 5.32 Å². The van der Waals surface area contributed by atoms with Crippen molar-refractivity contribution in [2.24, 2.45) is 0 Å². The lowest BCUT2D eigenvalue weighted by molar-refractivity contribution is -0.122. The van der Waals surface area contributed by atoms with Crippen molar-refractivity contribution in [2.75, 3.05) is 6.54 Å². The Morgan fingerprint density at radius 1 is 1.55 bits per heavy atom. The Hall–Kier alpha value is -1.33. The second-order valence-electron chi connectivity index (χ2n) is 5.22. The first-order chi connectivity index (χ1) is 9.00. The molecule has 0 aliphatic carbocycles. The maximum absolute atomic E-state index is 11.9. The van der Waals surface area contributed by atoms with E-state index >= 15 is 0 Å². The van der Waals surface area contributed by atoms with Crippen molar-refractivity contribution in [2.45, 2.75) is 46.3 Å². The van der Waals surface area contributed by atoms with Crippen molar-refractivity contribution >= 4 is 18.3 Å². The zero-order valence-corrected chi connectivity index (χ0v) is 13.3. The van der Waals surface area contributed by atoms with Crippen LogP contribution in [0.2, 0.25) is 0 Å². The fourth-order valence-electron chi connectivity index (χ4n) is 2.39. The summed E-state index contributed by atoms with van der Waals surface area (Å²) in [7, 11) is 0. The van der Waals surface area contributed by atoms with E-state index in [1.165, 1.54) is 0 Å². The second kappa shape index (κ2) is 6.90. The molecule has 112 valence electrons. The zero-order chi connectivity index (χ0) is 14.0. The van der Waals surface area contributed by atoms with Gasteiger partial charge in [0.25, 0.3) is 0 Å². The highest BCUT2D eigenvalue weighted by Gasteiger charge is 2.19. The molecule has 1 aromatic rings. The van der Waals surface area contributed by atoms with Crippen molar-refractivity contribution in [3.8, 4) is 0 Å². The van der Waals surface area contributed by atoms with Crippen LogP contribution in [0.5, 0.6) is 0 Å². The van der Waals surface area contributed by atoms with Crippen molar-refractivity contribution in [1.29, 1.82) is 0 Å². The SMILES string of the molecule is Cc1nn(C(C)C)c(C)c1CNC(=O)C1C=CCN1.Cl. The molecule has 6 heteroatoms. The molecule has 1 unspecified atom stereocenters. The summed E-state index contributed by atoms with van der Waals surface area (Å²) >= 11 is 0. The van der Waals surface area contributed by atoms with E-state index in [9.17, 15) is 4.79 Å². The monoisotopic (exact) mass is 298 g/mol. The number of amides is 1. The summed E-state index contributed by atoms with van der Waals surface area (Å²) in [5.41, 5.74) is 3.23. The zero-order valence-electron chi connectivity index (χ0n) is 12.4. The van der Waals surface area contributed by atoms with Crippen molar-refractivity contribution in [1.82, 2.24) is 20.4 Å². The smallest absolute Gasteiger partial charge is 0.241 e. The average Bonchev–Trinajstić information content (AvgIpc) is 2.96. The van der Waals surface area contributed by atoms with Gasteiger partial charge in [-0.15, -0.1) is 12.4 Å². The highest BCUT2D eigenvalue weighted by Crippen LogP contribution is 2.16. The van der Waals surface area contributed by atoms with E-state index in [0.29, 0.717) is 12.6 Å². The predicted octanol–water partition coefficient (Wildman–Crippen LogP) is 1.65. The Bertz CT molecular complexity index is 508. The molecule has 0 saturated heterocycles. The van der Waals surface area contributed by atoms with Gasteiger partial charge in [-0.25, -0.2) is 0 Å². The van der Waals surface area contributed by atoms with Crippen LogP contribution in [-0.4, -0.2) is 28.3 Å². The number of aryl methyl sites for hydroxylation is 1. The van der Waals surface area contributed by atoms with Gasteiger partial charge in [0.1, 0.15) is 6.04 Å². The number of carbonyl (C=O) groups excluding carboxylic acids is 1. The van der Waals surface area contributed by atoms with Gasteiger partial charge in [0.2, 0.25) is 5.91 Å². The third-order valence-corrected chi connectivity index (χ3v) is 3.47. The summed E-state index contributed by atoms with van der Waals surface area (Å²) in [4.78, 5) is 11.9. The fraction of sp³-hybridized carbons (Fsp3) is 0.571. The lowest BCUT2D eigenvalue weighted by atomic mass is 10.2. The second-order valence-corrected chi connectivity index (χ2v) is 5.22. The lowest BCUT2D eigenvalue weighted by Gasteiger charge is -2.11. The maximum atomic E-state index is 11.9. The molecule has 1 aromatic heterocycles. The van der Waals surface area contributed by atoms with Crippen molar-refractivity contribution < 1.29 is 4.79 Å². The normalized spacial score (nSPS) is 17.4. The Balaban J connectivity index is 0.00000200. The van der Waals surface area contributed by atoms with E-state index in [1.807, 2.05) is 23.8 Å². The largest absolute Gasteiger partial charge is 0.350 e.